The van der Waals surface area contributed by atoms with Gasteiger partial charge in [0.2, 0.25) is 0 Å². The van der Waals surface area contributed by atoms with E-state index < -0.39 is 15.9 Å². The van der Waals surface area contributed by atoms with E-state index in [9.17, 15) is 13.2 Å². The Kier molecular flexibility index (Phi) is 7.37. The second-order valence-electron chi connectivity index (χ2n) is 7.05. The van der Waals surface area contributed by atoms with Gasteiger partial charge >= 0.3 is 0 Å². The summed E-state index contributed by atoms with van der Waals surface area (Å²) in [7, 11) is -1.01. The van der Waals surface area contributed by atoms with Crippen LogP contribution >= 0.6 is 0 Å². The van der Waals surface area contributed by atoms with Crippen LogP contribution in [0.2, 0.25) is 0 Å². The predicted octanol–water partition coefficient (Wildman–Crippen LogP) is 4.00. The van der Waals surface area contributed by atoms with E-state index in [2.05, 4.69) is 10.0 Å². The quantitative estimate of drug-likeness (QED) is 0.510. The van der Waals surface area contributed by atoms with Gasteiger partial charge in [-0.2, -0.15) is 0 Å². The molecule has 0 aliphatic carbocycles. The Labute approximate surface area is 188 Å². The molecule has 0 fully saturated rings. The van der Waals surface area contributed by atoms with E-state index in [0.717, 1.165) is 23.3 Å². The molecule has 0 saturated heterocycles. The van der Waals surface area contributed by atoms with Gasteiger partial charge in [0.05, 0.1) is 14.2 Å². The molecule has 2 N–H and O–H groups in total. The van der Waals surface area contributed by atoms with Crippen LogP contribution in [0.15, 0.2) is 71.6 Å². The van der Waals surface area contributed by atoms with E-state index in [-0.39, 0.29) is 16.2 Å². The van der Waals surface area contributed by atoms with Crippen molar-refractivity contribution < 1.29 is 22.7 Å². The van der Waals surface area contributed by atoms with Gasteiger partial charge in [-0.3, -0.25) is 9.52 Å². The zero-order chi connectivity index (χ0) is 23.1. The first-order valence-electron chi connectivity index (χ1n) is 10.1. The first-order chi connectivity index (χ1) is 15.4. The van der Waals surface area contributed by atoms with Crippen molar-refractivity contribution >= 4 is 21.6 Å². The lowest BCUT2D eigenvalue weighted by atomic mass is 10.2. The zero-order valence-electron chi connectivity index (χ0n) is 18.2. The third-order valence-corrected chi connectivity index (χ3v) is 6.34. The van der Waals surface area contributed by atoms with Crippen molar-refractivity contribution in [3.8, 4) is 11.5 Å². The van der Waals surface area contributed by atoms with Crippen LogP contribution in [-0.2, 0) is 23.0 Å². The van der Waals surface area contributed by atoms with Crippen LogP contribution in [0, 0.1) is 0 Å². The highest BCUT2D eigenvalue weighted by Crippen LogP contribution is 2.27. The fourth-order valence-electron chi connectivity index (χ4n) is 3.07. The van der Waals surface area contributed by atoms with E-state index in [0.29, 0.717) is 12.2 Å². The summed E-state index contributed by atoms with van der Waals surface area (Å²) >= 11 is 0. The monoisotopic (exact) mass is 454 g/mol. The van der Waals surface area contributed by atoms with Crippen molar-refractivity contribution in [2.75, 3.05) is 18.9 Å². The molecule has 32 heavy (non-hydrogen) atoms. The molecule has 0 saturated carbocycles. The van der Waals surface area contributed by atoms with Gasteiger partial charge in [-0.25, -0.2) is 8.42 Å². The Morgan fingerprint density at radius 2 is 1.53 bits per heavy atom. The number of rotatable bonds is 9. The first-order valence-corrected chi connectivity index (χ1v) is 11.6. The highest BCUT2D eigenvalue weighted by Gasteiger charge is 2.22. The fourth-order valence-corrected chi connectivity index (χ4v) is 4.33. The van der Waals surface area contributed by atoms with Crippen LogP contribution in [0.1, 0.15) is 28.4 Å². The molecule has 0 bridgehead atoms. The lowest BCUT2D eigenvalue weighted by Gasteiger charge is -2.14. The molecule has 8 heteroatoms. The van der Waals surface area contributed by atoms with Crippen LogP contribution in [0.3, 0.4) is 0 Å². The number of sulfonamides is 1. The molecule has 0 atom stereocenters. The fraction of sp³-hybridized carbons (Fsp3) is 0.208. The topological polar surface area (TPSA) is 93.7 Å². The van der Waals surface area contributed by atoms with Gasteiger partial charge in [-0.15, -0.1) is 0 Å². The number of carbonyl (C=O) groups excluding carboxylic acids is 1. The maximum absolute atomic E-state index is 13.0. The summed E-state index contributed by atoms with van der Waals surface area (Å²) < 4.78 is 38.9. The minimum absolute atomic E-state index is 0.114. The molecule has 0 aromatic heterocycles. The Balaban J connectivity index is 1.79. The zero-order valence-corrected chi connectivity index (χ0v) is 19.0. The standard InChI is InChI=1S/C24H26N2O5S/c1-4-17-5-10-20(11-6-17)26-32(28,29)23-15-19(9-14-22(23)31-3)24(27)25-16-18-7-12-21(30-2)13-8-18/h5-15,26H,4,16H2,1-3H3,(H,25,27). The summed E-state index contributed by atoms with van der Waals surface area (Å²) in [6.45, 7) is 2.31. The number of hydrogen-bond donors (Lipinski definition) is 2. The highest BCUT2D eigenvalue weighted by molar-refractivity contribution is 7.92. The van der Waals surface area contributed by atoms with Crippen LogP contribution < -0.4 is 19.5 Å². The average Bonchev–Trinajstić information content (AvgIpc) is 2.82. The van der Waals surface area contributed by atoms with Crippen molar-refractivity contribution in [3.05, 3.63) is 83.4 Å². The Morgan fingerprint density at radius 3 is 2.12 bits per heavy atom. The molecule has 3 aromatic rings. The largest absolute Gasteiger partial charge is 0.497 e. The summed E-state index contributed by atoms with van der Waals surface area (Å²) in [6.07, 6.45) is 0.856. The minimum Gasteiger partial charge on any atom is -0.497 e. The van der Waals surface area contributed by atoms with Crippen LogP contribution in [0.5, 0.6) is 11.5 Å². The molecule has 7 nitrogen and oxygen atoms in total. The van der Waals surface area contributed by atoms with Crippen molar-refractivity contribution in [3.63, 3.8) is 0 Å². The van der Waals surface area contributed by atoms with Crippen LogP contribution in [0.4, 0.5) is 5.69 Å². The van der Waals surface area contributed by atoms with Crippen molar-refractivity contribution in [2.45, 2.75) is 24.8 Å². The van der Waals surface area contributed by atoms with Crippen LogP contribution in [0.25, 0.3) is 0 Å². The normalized spacial score (nSPS) is 11.0. The second-order valence-corrected chi connectivity index (χ2v) is 8.70. The van der Waals surface area contributed by atoms with Gasteiger partial charge in [0.15, 0.2) is 0 Å². The summed E-state index contributed by atoms with van der Waals surface area (Å²) in [5.74, 6) is 0.475. The van der Waals surface area contributed by atoms with Crippen molar-refractivity contribution in [2.24, 2.45) is 0 Å². The van der Waals surface area contributed by atoms with E-state index in [1.165, 1.54) is 25.3 Å². The molecule has 0 aliphatic heterocycles. The number of ether oxygens (including phenoxy) is 2. The van der Waals surface area contributed by atoms with Crippen molar-refractivity contribution in [1.29, 1.82) is 0 Å². The van der Waals surface area contributed by atoms with Gasteiger partial charge in [0, 0.05) is 17.8 Å². The first kappa shape index (κ1) is 23.1. The number of anilines is 1. The maximum atomic E-state index is 13.0. The SMILES string of the molecule is CCc1ccc(NS(=O)(=O)c2cc(C(=O)NCc3ccc(OC)cc3)ccc2OC)cc1. The second kappa shape index (κ2) is 10.2. The molecule has 3 rings (SSSR count). The molecule has 0 heterocycles. The van der Waals surface area contributed by atoms with Crippen molar-refractivity contribution in [1.82, 2.24) is 5.32 Å². The Bertz CT molecular complexity index is 1170. The number of methoxy groups -OCH3 is 2. The van der Waals surface area contributed by atoms with Gasteiger partial charge in [0.1, 0.15) is 16.4 Å². The third kappa shape index (κ3) is 5.59. The number of amides is 1. The molecular formula is C24H26N2O5S. The molecule has 3 aromatic carbocycles. The summed E-state index contributed by atoms with van der Waals surface area (Å²) in [5, 5.41) is 2.80. The van der Waals surface area contributed by atoms with Gasteiger partial charge in [0.25, 0.3) is 15.9 Å². The number of carbonyl (C=O) groups is 1. The highest BCUT2D eigenvalue weighted by atomic mass is 32.2. The van der Waals surface area contributed by atoms with Gasteiger partial charge in [-0.05, 0) is 60.0 Å². The molecule has 0 spiro atoms. The summed E-state index contributed by atoms with van der Waals surface area (Å²) in [5.41, 5.74) is 2.62. The van der Waals surface area contributed by atoms with E-state index >= 15 is 0 Å². The summed E-state index contributed by atoms with van der Waals surface area (Å²) in [6, 6.07) is 18.7. The molecule has 0 radical (unpaired) electrons. The lowest BCUT2D eigenvalue weighted by molar-refractivity contribution is 0.0950. The molecular weight excluding hydrogens is 428 g/mol. The predicted molar refractivity (Wildman–Crippen MR) is 124 cm³/mol. The number of benzene rings is 3. The van der Waals surface area contributed by atoms with E-state index in [1.807, 2.05) is 31.2 Å². The molecule has 168 valence electrons. The lowest BCUT2D eigenvalue weighted by Crippen LogP contribution is -2.23. The molecule has 0 aliphatic rings. The third-order valence-electron chi connectivity index (χ3n) is 4.94. The molecule has 0 unspecified atom stereocenters. The van der Waals surface area contributed by atoms with Gasteiger partial charge in [-0.1, -0.05) is 31.2 Å². The smallest absolute Gasteiger partial charge is 0.265 e. The van der Waals surface area contributed by atoms with E-state index in [1.54, 1.807) is 31.4 Å². The maximum Gasteiger partial charge on any atom is 0.265 e. The van der Waals surface area contributed by atoms with E-state index in [4.69, 9.17) is 9.47 Å². The summed E-state index contributed by atoms with van der Waals surface area (Å²) in [4.78, 5) is 12.5. The van der Waals surface area contributed by atoms with Gasteiger partial charge < -0.3 is 14.8 Å². The number of hydrogen-bond acceptors (Lipinski definition) is 5. The number of aryl methyl sites for hydroxylation is 1. The number of nitrogens with one attached hydrogen (secondary N) is 2. The molecule has 1 amide bonds. The Morgan fingerprint density at radius 1 is 0.875 bits per heavy atom. The minimum atomic E-state index is -3.98. The average molecular weight is 455 g/mol. The van der Waals surface area contributed by atoms with Crippen LogP contribution in [-0.4, -0.2) is 28.5 Å². The Hall–Kier alpha value is -3.52.